The van der Waals surface area contributed by atoms with Crippen LogP contribution in [0.5, 0.6) is 5.75 Å². The molecule has 214 valence electrons. The molecule has 7 heteroatoms. The lowest BCUT2D eigenvalue weighted by Gasteiger charge is -2.44. The van der Waals surface area contributed by atoms with Gasteiger partial charge in [-0.1, -0.05) is 78.9 Å². The number of halogens is 1. The fourth-order valence-corrected chi connectivity index (χ4v) is 5.12. The topological polar surface area (TPSA) is 77.4 Å². The first-order chi connectivity index (χ1) is 20.1. The zero-order valence-corrected chi connectivity index (χ0v) is 22.9. The molecule has 1 saturated heterocycles. The summed E-state index contributed by atoms with van der Waals surface area (Å²) >= 11 is 0. The number of rotatable bonds is 11. The van der Waals surface area contributed by atoms with E-state index in [-0.39, 0.29) is 19.0 Å². The van der Waals surface area contributed by atoms with E-state index >= 15 is 4.39 Å². The van der Waals surface area contributed by atoms with Crippen molar-refractivity contribution in [2.24, 2.45) is 0 Å². The first-order valence-corrected chi connectivity index (χ1v) is 13.7. The summed E-state index contributed by atoms with van der Waals surface area (Å²) < 4.78 is 39.2. The van der Waals surface area contributed by atoms with Crippen LogP contribution in [0.4, 0.5) is 4.39 Å². The molecule has 0 saturated carbocycles. The maximum absolute atomic E-state index is 15.0. The highest BCUT2D eigenvalue weighted by Crippen LogP contribution is 2.37. The summed E-state index contributed by atoms with van der Waals surface area (Å²) in [7, 11) is 1.60. The third kappa shape index (κ3) is 7.19. The van der Waals surface area contributed by atoms with Crippen LogP contribution < -0.4 is 4.74 Å². The second-order valence-electron chi connectivity index (χ2n) is 10.2. The molecule has 0 amide bonds. The van der Waals surface area contributed by atoms with Crippen LogP contribution in [0.25, 0.3) is 0 Å². The van der Waals surface area contributed by atoms with Gasteiger partial charge in [0.05, 0.1) is 26.9 Å². The van der Waals surface area contributed by atoms with Gasteiger partial charge >= 0.3 is 0 Å². The number of methoxy groups -OCH3 is 1. The number of benzene rings is 4. The fourth-order valence-electron chi connectivity index (χ4n) is 5.12. The molecule has 6 nitrogen and oxygen atoms in total. The molecule has 41 heavy (non-hydrogen) atoms. The first-order valence-electron chi connectivity index (χ1n) is 13.7. The van der Waals surface area contributed by atoms with Crippen LogP contribution in [-0.2, 0) is 33.8 Å². The zero-order chi connectivity index (χ0) is 28.6. The smallest absolute Gasteiger partial charge is 0.126 e. The van der Waals surface area contributed by atoms with Gasteiger partial charge in [0.1, 0.15) is 42.1 Å². The van der Waals surface area contributed by atoms with Gasteiger partial charge in [0.15, 0.2) is 0 Å². The molecule has 0 bridgehead atoms. The zero-order valence-electron chi connectivity index (χ0n) is 22.9. The maximum Gasteiger partial charge on any atom is 0.126 e. The van der Waals surface area contributed by atoms with Gasteiger partial charge in [0.25, 0.3) is 0 Å². The van der Waals surface area contributed by atoms with Gasteiger partial charge in [0.2, 0.25) is 0 Å². The highest BCUT2D eigenvalue weighted by molar-refractivity contribution is 5.35. The van der Waals surface area contributed by atoms with Crippen LogP contribution >= 0.6 is 0 Å². The van der Waals surface area contributed by atoms with Crippen molar-refractivity contribution in [3.05, 3.63) is 137 Å². The molecule has 5 atom stereocenters. The van der Waals surface area contributed by atoms with Gasteiger partial charge < -0.3 is 29.2 Å². The Kier molecular flexibility index (Phi) is 9.77. The van der Waals surface area contributed by atoms with E-state index in [0.29, 0.717) is 17.5 Å². The number of ether oxygens (including phenoxy) is 4. The van der Waals surface area contributed by atoms with Gasteiger partial charge in [-0.25, -0.2) is 4.39 Å². The molecule has 1 aliphatic heterocycles. The van der Waals surface area contributed by atoms with Crippen LogP contribution in [-0.4, -0.2) is 48.3 Å². The summed E-state index contributed by atoms with van der Waals surface area (Å²) in [4.78, 5) is 0. The molecule has 4 aromatic carbocycles. The molecule has 1 fully saturated rings. The van der Waals surface area contributed by atoms with E-state index in [0.717, 1.165) is 22.4 Å². The summed E-state index contributed by atoms with van der Waals surface area (Å²) in [6.07, 6.45) is -3.96. The van der Waals surface area contributed by atoms with Crippen LogP contribution in [0.1, 0.15) is 33.9 Å². The normalized spacial score (nSPS) is 22.4. The third-order valence-electron chi connectivity index (χ3n) is 7.36. The first kappa shape index (κ1) is 28.9. The van der Waals surface area contributed by atoms with Crippen molar-refractivity contribution in [2.75, 3.05) is 13.7 Å². The van der Waals surface area contributed by atoms with Gasteiger partial charge in [-0.15, -0.1) is 0 Å². The summed E-state index contributed by atoms with van der Waals surface area (Å²) in [5.74, 6) is 0.393. The van der Waals surface area contributed by atoms with Crippen molar-refractivity contribution < 1.29 is 33.6 Å². The summed E-state index contributed by atoms with van der Waals surface area (Å²) in [6.45, 7) is 0.0892. The second kappa shape index (κ2) is 13.9. The molecule has 1 heterocycles. The van der Waals surface area contributed by atoms with E-state index in [4.69, 9.17) is 18.9 Å². The molecule has 2 N–H and O–H groups in total. The number of hydrogen-bond donors (Lipinski definition) is 2. The van der Waals surface area contributed by atoms with Crippen LogP contribution in [0, 0.1) is 5.82 Å². The van der Waals surface area contributed by atoms with E-state index < -0.39 is 37.1 Å². The Hall–Kier alpha value is -3.59. The van der Waals surface area contributed by atoms with Crippen molar-refractivity contribution in [3.8, 4) is 5.75 Å². The quantitative estimate of drug-likeness (QED) is 0.257. The van der Waals surface area contributed by atoms with Crippen LogP contribution in [0.3, 0.4) is 0 Å². The van der Waals surface area contributed by atoms with Crippen molar-refractivity contribution in [1.29, 1.82) is 0 Å². The number of aliphatic hydroxyl groups excluding tert-OH is 2. The van der Waals surface area contributed by atoms with Crippen molar-refractivity contribution in [3.63, 3.8) is 0 Å². The van der Waals surface area contributed by atoms with Gasteiger partial charge in [-0.2, -0.15) is 0 Å². The predicted octanol–water partition coefficient (Wildman–Crippen LogP) is 5.39. The van der Waals surface area contributed by atoms with Gasteiger partial charge in [-0.05, 0) is 52.1 Å². The van der Waals surface area contributed by atoms with Crippen LogP contribution in [0.15, 0.2) is 103 Å². The Morgan fingerprint density at radius 3 is 1.95 bits per heavy atom. The summed E-state index contributed by atoms with van der Waals surface area (Å²) in [5, 5.41) is 21.3. The lowest BCUT2D eigenvalue weighted by atomic mass is 9.89. The number of hydrogen-bond acceptors (Lipinski definition) is 6. The van der Waals surface area contributed by atoms with Crippen LogP contribution in [0.2, 0.25) is 0 Å². The molecule has 5 unspecified atom stereocenters. The molecule has 1 aliphatic rings. The van der Waals surface area contributed by atoms with E-state index in [1.807, 2.05) is 84.9 Å². The molecular formula is C34H35FO6. The minimum Gasteiger partial charge on any atom is -0.497 e. The Morgan fingerprint density at radius 1 is 0.756 bits per heavy atom. The Balaban J connectivity index is 1.45. The molecule has 5 rings (SSSR count). The average molecular weight is 559 g/mol. The molecular weight excluding hydrogens is 523 g/mol. The molecule has 0 aliphatic carbocycles. The van der Waals surface area contributed by atoms with Gasteiger partial charge in [0, 0.05) is 6.42 Å². The predicted molar refractivity (Wildman–Crippen MR) is 153 cm³/mol. The lowest BCUT2D eigenvalue weighted by Crippen LogP contribution is -2.57. The van der Waals surface area contributed by atoms with E-state index in [9.17, 15) is 10.2 Å². The van der Waals surface area contributed by atoms with Crippen molar-refractivity contribution in [1.82, 2.24) is 0 Å². The summed E-state index contributed by atoms with van der Waals surface area (Å²) in [6, 6.07) is 31.7. The van der Waals surface area contributed by atoms with E-state index in [1.54, 1.807) is 19.2 Å². The van der Waals surface area contributed by atoms with Crippen molar-refractivity contribution >= 4 is 0 Å². The minimum atomic E-state index is -1.14. The SMILES string of the molecule is COc1ccc(Cc2cc(C3OC(CO)C(O)C(OCc4ccccc4)C3OCc3ccccc3)ccc2F)cc1. The molecule has 0 spiro atoms. The van der Waals surface area contributed by atoms with E-state index in [1.165, 1.54) is 6.07 Å². The Labute approximate surface area is 239 Å². The number of aliphatic hydroxyl groups is 2. The fraction of sp³-hybridized carbons (Fsp3) is 0.294. The van der Waals surface area contributed by atoms with E-state index in [2.05, 4.69) is 0 Å². The minimum absolute atomic E-state index is 0.241. The lowest BCUT2D eigenvalue weighted by molar-refractivity contribution is -0.260. The maximum atomic E-state index is 15.0. The molecule has 4 aromatic rings. The highest BCUT2D eigenvalue weighted by atomic mass is 19.1. The van der Waals surface area contributed by atoms with Gasteiger partial charge in [-0.3, -0.25) is 0 Å². The monoisotopic (exact) mass is 558 g/mol. The third-order valence-corrected chi connectivity index (χ3v) is 7.36. The molecule has 0 radical (unpaired) electrons. The second-order valence-corrected chi connectivity index (χ2v) is 10.2. The van der Waals surface area contributed by atoms with Crippen molar-refractivity contribution in [2.45, 2.75) is 50.2 Å². The average Bonchev–Trinajstić information content (AvgIpc) is 3.02. The molecule has 0 aromatic heterocycles. The summed E-state index contributed by atoms with van der Waals surface area (Å²) in [5.41, 5.74) is 3.98. The Bertz CT molecular complexity index is 1370. The largest absolute Gasteiger partial charge is 0.497 e. The highest BCUT2D eigenvalue weighted by Gasteiger charge is 2.47. The Morgan fingerprint density at radius 2 is 1.37 bits per heavy atom. The standard InChI is InChI=1S/C34H35FO6/c1-38-28-15-12-23(13-16-28)18-27-19-26(14-17-29(27)35)32-34(40-22-25-10-6-3-7-11-25)33(31(37)30(20-36)41-32)39-21-24-8-4-2-5-9-24/h2-17,19,30-34,36-37H,18,20-22H2,1H3.